The molecular formula is C24H14FN. The molecule has 6 rings (SSSR count). The molecule has 0 saturated heterocycles. The van der Waals surface area contributed by atoms with E-state index >= 15 is 0 Å². The molecule has 1 nitrogen and oxygen atoms in total. The summed E-state index contributed by atoms with van der Waals surface area (Å²) in [6.07, 6.45) is 1.84. The van der Waals surface area contributed by atoms with Gasteiger partial charge in [-0.05, 0) is 39.9 Å². The standard InChI is InChI=1S/C24H14FN/c25-21-13-5-11-19-22(21)15-7-1-3-9-17(15)24(19)18-10-4-2-8-16(18)23-20(24)12-6-14-26-23/h1-14H. The van der Waals surface area contributed by atoms with Crippen molar-refractivity contribution in [2.45, 2.75) is 5.41 Å². The van der Waals surface area contributed by atoms with Crippen LogP contribution in [0.25, 0.3) is 22.4 Å². The van der Waals surface area contributed by atoms with Gasteiger partial charge in [-0.3, -0.25) is 4.98 Å². The predicted molar refractivity (Wildman–Crippen MR) is 100 cm³/mol. The van der Waals surface area contributed by atoms with Crippen LogP contribution in [0.1, 0.15) is 22.3 Å². The van der Waals surface area contributed by atoms with E-state index in [1.807, 2.05) is 42.6 Å². The Labute approximate surface area is 150 Å². The minimum atomic E-state index is -0.492. The molecule has 0 N–H and O–H groups in total. The Morgan fingerprint density at radius 3 is 2.12 bits per heavy atom. The van der Waals surface area contributed by atoms with E-state index in [0.29, 0.717) is 0 Å². The maximum Gasteiger partial charge on any atom is 0.131 e. The van der Waals surface area contributed by atoms with Crippen molar-refractivity contribution in [2.24, 2.45) is 0 Å². The van der Waals surface area contributed by atoms with Crippen LogP contribution in [0.3, 0.4) is 0 Å². The van der Waals surface area contributed by atoms with Crippen molar-refractivity contribution in [3.05, 3.63) is 113 Å². The third kappa shape index (κ3) is 1.41. The van der Waals surface area contributed by atoms with Crippen molar-refractivity contribution in [3.8, 4) is 22.4 Å². The van der Waals surface area contributed by atoms with Gasteiger partial charge in [0.05, 0.1) is 11.1 Å². The molecule has 2 heteroatoms. The number of benzene rings is 3. The fraction of sp³-hybridized carbons (Fsp3) is 0.0417. The molecule has 2 aliphatic rings. The van der Waals surface area contributed by atoms with Crippen molar-refractivity contribution in [2.75, 3.05) is 0 Å². The van der Waals surface area contributed by atoms with E-state index in [-0.39, 0.29) is 5.82 Å². The number of rotatable bonds is 0. The van der Waals surface area contributed by atoms with E-state index in [9.17, 15) is 4.39 Å². The molecule has 3 aromatic carbocycles. The second kappa shape index (κ2) is 4.67. The molecule has 1 unspecified atom stereocenters. The van der Waals surface area contributed by atoms with Crippen LogP contribution in [0.2, 0.25) is 0 Å². The zero-order valence-corrected chi connectivity index (χ0v) is 13.9. The second-order valence-electron chi connectivity index (χ2n) is 6.90. The topological polar surface area (TPSA) is 12.9 Å². The molecular weight excluding hydrogens is 321 g/mol. The molecule has 1 aromatic heterocycles. The number of aromatic nitrogens is 1. The van der Waals surface area contributed by atoms with Gasteiger partial charge < -0.3 is 0 Å². The van der Waals surface area contributed by atoms with Crippen LogP contribution in [-0.4, -0.2) is 4.98 Å². The molecule has 0 amide bonds. The van der Waals surface area contributed by atoms with Crippen molar-refractivity contribution in [1.82, 2.24) is 4.98 Å². The quantitative estimate of drug-likeness (QED) is 0.354. The summed E-state index contributed by atoms with van der Waals surface area (Å²) < 4.78 is 14.9. The summed E-state index contributed by atoms with van der Waals surface area (Å²) >= 11 is 0. The minimum absolute atomic E-state index is 0.165. The normalized spacial score (nSPS) is 18.3. The molecule has 1 heterocycles. The van der Waals surface area contributed by atoms with Crippen molar-refractivity contribution in [1.29, 1.82) is 0 Å². The van der Waals surface area contributed by atoms with Gasteiger partial charge >= 0.3 is 0 Å². The van der Waals surface area contributed by atoms with Gasteiger partial charge in [0.2, 0.25) is 0 Å². The predicted octanol–water partition coefficient (Wildman–Crippen LogP) is 5.56. The van der Waals surface area contributed by atoms with Gasteiger partial charge in [-0.25, -0.2) is 4.39 Å². The Hall–Kier alpha value is -3.26. The summed E-state index contributed by atoms with van der Waals surface area (Å²) in [5.41, 5.74) is 7.81. The third-order valence-corrected chi connectivity index (χ3v) is 5.82. The Bertz CT molecular complexity index is 1160. The molecule has 0 saturated carbocycles. The van der Waals surface area contributed by atoms with Crippen LogP contribution in [0, 0.1) is 5.82 Å². The van der Waals surface area contributed by atoms with Crippen molar-refractivity contribution >= 4 is 0 Å². The average Bonchev–Trinajstić information content (AvgIpc) is 3.16. The van der Waals surface area contributed by atoms with E-state index in [4.69, 9.17) is 4.98 Å². The molecule has 4 aromatic rings. The molecule has 0 bridgehead atoms. The molecule has 0 radical (unpaired) electrons. The smallest absolute Gasteiger partial charge is 0.131 e. The first-order chi connectivity index (χ1) is 12.8. The van der Waals surface area contributed by atoms with Crippen LogP contribution in [0.5, 0.6) is 0 Å². The number of hydrogen-bond donors (Lipinski definition) is 0. The molecule has 122 valence electrons. The van der Waals surface area contributed by atoms with Crippen LogP contribution < -0.4 is 0 Å². The second-order valence-corrected chi connectivity index (χ2v) is 6.90. The monoisotopic (exact) mass is 335 g/mol. The first-order valence-corrected chi connectivity index (χ1v) is 8.77. The molecule has 1 spiro atoms. The molecule has 0 fully saturated rings. The molecule has 2 aliphatic carbocycles. The largest absolute Gasteiger partial charge is 0.256 e. The zero-order chi connectivity index (χ0) is 17.3. The van der Waals surface area contributed by atoms with E-state index < -0.39 is 5.41 Å². The lowest BCUT2D eigenvalue weighted by molar-refractivity contribution is 0.629. The van der Waals surface area contributed by atoms with Crippen LogP contribution in [-0.2, 0) is 5.41 Å². The third-order valence-electron chi connectivity index (χ3n) is 5.82. The Morgan fingerprint density at radius 1 is 0.615 bits per heavy atom. The summed E-state index contributed by atoms with van der Waals surface area (Å²) in [6, 6.07) is 26.1. The number of fused-ring (bicyclic) bond motifs is 10. The van der Waals surface area contributed by atoms with Crippen LogP contribution in [0.4, 0.5) is 4.39 Å². The van der Waals surface area contributed by atoms with Gasteiger partial charge in [-0.2, -0.15) is 0 Å². The summed E-state index contributed by atoms with van der Waals surface area (Å²) in [5.74, 6) is -0.165. The maximum atomic E-state index is 14.9. The zero-order valence-electron chi connectivity index (χ0n) is 13.9. The van der Waals surface area contributed by atoms with E-state index in [1.54, 1.807) is 6.07 Å². The Balaban J connectivity index is 1.89. The van der Waals surface area contributed by atoms with Crippen molar-refractivity contribution in [3.63, 3.8) is 0 Å². The Kier molecular flexibility index (Phi) is 2.51. The highest BCUT2D eigenvalue weighted by Gasteiger charge is 2.52. The number of pyridine rings is 1. The van der Waals surface area contributed by atoms with E-state index in [2.05, 4.69) is 36.4 Å². The number of nitrogens with zero attached hydrogens (tertiary/aromatic N) is 1. The van der Waals surface area contributed by atoms with E-state index in [1.165, 1.54) is 5.56 Å². The highest BCUT2D eigenvalue weighted by Crippen LogP contribution is 2.62. The lowest BCUT2D eigenvalue weighted by Gasteiger charge is -2.29. The molecule has 0 aliphatic heterocycles. The number of halogens is 1. The van der Waals surface area contributed by atoms with Gasteiger partial charge in [0.1, 0.15) is 5.82 Å². The van der Waals surface area contributed by atoms with Gasteiger partial charge in [0.15, 0.2) is 0 Å². The Morgan fingerprint density at radius 2 is 1.27 bits per heavy atom. The summed E-state index contributed by atoms with van der Waals surface area (Å²) in [4.78, 5) is 4.69. The highest BCUT2D eigenvalue weighted by molar-refractivity contribution is 5.93. The fourth-order valence-corrected chi connectivity index (χ4v) is 4.95. The van der Waals surface area contributed by atoms with Gasteiger partial charge in [-0.15, -0.1) is 0 Å². The van der Waals surface area contributed by atoms with Gasteiger partial charge in [-0.1, -0.05) is 66.7 Å². The SMILES string of the molecule is Fc1cccc2c1-c1ccccc1C21c2ccccc2-c2ncccc21. The lowest BCUT2D eigenvalue weighted by atomic mass is 9.71. The van der Waals surface area contributed by atoms with E-state index in [0.717, 1.165) is 39.1 Å². The minimum Gasteiger partial charge on any atom is -0.256 e. The average molecular weight is 335 g/mol. The van der Waals surface area contributed by atoms with Crippen LogP contribution in [0.15, 0.2) is 85.1 Å². The van der Waals surface area contributed by atoms with Crippen LogP contribution >= 0.6 is 0 Å². The maximum absolute atomic E-state index is 14.9. The van der Waals surface area contributed by atoms with Gasteiger partial charge in [0, 0.05) is 17.3 Å². The summed E-state index contributed by atoms with van der Waals surface area (Å²) in [6.45, 7) is 0. The first kappa shape index (κ1) is 14.0. The highest BCUT2D eigenvalue weighted by atomic mass is 19.1. The van der Waals surface area contributed by atoms with Crippen molar-refractivity contribution < 1.29 is 4.39 Å². The summed E-state index contributed by atoms with van der Waals surface area (Å²) in [7, 11) is 0. The van der Waals surface area contributed by atoms with Gasteiger partial charge in [0.25, 0.3) is 0 Å². The molecule has 1 atom stereocenters. The lowest BCUT2D eigenvalue weighted by Crippen LogP contribution is -2.25. The first-order valence-electron chi connectivity index (χ1n) is 8.77. The summed E-state index contributed by atoms with van der Waals surface area (Å²) in [5, 5.41) is 0. The fourth-order valence-electron chi connectivity index (χ4n) is 4.95. The molecule has 26 heavy (non-hydrogen) atoms. The number of hydrogen-bond acceptors (Lipinski definition) is 1.